The summed E-state index contributed by atoms with van der Waals surface area (Å²) < 4.78 is 5.39. The summed E-state index contributed by atoms with van der Waals surface area (Å²) >= 11 is 0. The minimum Gasteiger partial charge on any atom is -0.495 e. The number of methoxy groups -OCH3 is 1. The van der Waals surface area contributed by atoms with E-state index in [0.717, 1.165) is 44.2 Å². The van der Waals surface area contributed by atoms with Gasteiger partial charge in [-0.1, -0.05) is 12.8 Å². The Bertz CT molecular complexity index is 589. The molecule has 0 aromatic heterocycles. The molecule has 25 heavy (non-hydrogen) atoms. The normalized spacial score (nSPS) is 14.5. The van der Waals surface area contributed by atoms with Gasteiger partial charge in [-0.15, -0.1) is 0 Å². The van der Waals surface area contributed by atoms with Crippen molar-refractivity contribution in [1.29, 1.82) is 0 Å². The summed E-state index contributed by atoms with van der Waals surface area (Å²) in [5.41, 5.74) is 6.89. The quantitative estimate of drug-likeness (QED) is 0.672. The lowest BCUT2D eigenvalue weighted by Crippen LogP contribution is -2.35. The van der Waals surface area contributed by atoms with Gasteiger partial charge in [0.05, 0.1) is 12.8 Å². The fourth-order valence-corrected chi connectivity index (χ4v) is 3.05. The predicted octanol–water partition coefficient (Wildman–Crippen LogP) is 3.06. The Hall–Kier alpha value is -2.08. The number of amides is 2. The largest absolute Gasteiger partial charge is 0.495 e. The van der Waals surface area contributed by atoms with Gasteiger partial charge >= 0.3 is 0 Å². The number of hydrogen-bond donors (Lipinski definition) is 2. The number of unbranched alkanes of at least 4 members (excludes halogenated alkanes) is 3. The van der Waals surface area contributed by atoms with Gasteiger partial charge in [0, 0.05) is 25.1 Å². The summed E-state index contributed by atoms with van der Waals surface area (Å²) in [5, 5.41) is 2.92. The maximum atomic E-state index is 12.2. The molecule has 6 heteroatoms. The number of carbonyl (C=O) groups excluding carboxylic acids is 2. The molecule has 1 aromatic carbocycles. The van der Waals surface area contributed by atoms with E-state index in [4.69, 9.17) is 10.5 Å². The first-order chi connectivity index (χ1) is 12.2. The van der Waals surface area contributed by atoms with Gasteiger partial charge in [-0.25, -0.2) is 0 Å². The molecule has 1 aliphatic heterocycles. The average Bonchev–Trinajstić information content (AvgIpc) is 2.62. The number of nitrogens with one attached hydrogen (secondary N) is 1. The minimum absolute atomic E-state index is 0.00571. The van der Waals surface area contributed by atoms with Crippen LogP contribution in [0.25, 0.3) is 0 Å². The number of ether oxygens (including phenoxy) is 1. The fraction of sp³-hybridized carbons (Fsp3) is 0.579. The minimum atomic E-state index is -0.00571. The first kappa shape index (κ1) is 19.2. The molecule has 0 bridgehead atoms. The number of nitrogens with zero attached hydrogens (tertiary/aromatic N) is 1. The highest BCUT2D eigenvalue weighted by Crippen LogP contribution is 2.33. The maximum Gasteiger partial charge on any atom is 0.227 e. The third-order valence-electron chi connectivity index (χ3n) is 4.43. The Kier molecular flexibility index (Phi) is 7.73. The summed E-state index contributed by atoms with van der Waals surface area (Å²) in [7, 11) is 1.59. The van der Waals surface area contributed by atoms with E-state index in [1.165, 1.54) is 0 Å². The van der Waals surface area contributed by atoms with Crippen molar-refractivity contribution in [1.82, 2.24) is 0 Å². The molecule has 3 N–H and O–H groups in total. The molecule has 6 nitrogen and oxygen atoms in total. The van der Waals surface area contributed by atoms with Gasteiger partial charge in [-0.05, 0) is 50.4 Å². The highest BCUT2D eigenvalue weighted by molar-refractivity contribution is 5.97. The van der Waals surface area contributed by atoms with E-state index in [-0.39, 0.29) is 11.8 Å². The lowest BCUT2D eigenvalue weighted by atomic mass is 10.1. The van der Waals surface area contributed by atoms with Crippen molar-refractivity contribution in [3.05, 3.63) is 18.2 Å². The van der Waals surface area contributed by atoms with Gasteiger partial charge in [0.1, 0.15) is 5.75 Å². The topological polar surface area (TPSA) is 84.7 Å². The molecule has 0 radical (unpaired) electrons. The maximum absolute atomic E-state index is 12.2. The Morgan fingerprint density at radius 3 is 2.76 bits per heavy atom. The van der Waals surface area contributed by atoms with Gasteiger partial charge < -0.3 is 20.7 Å². The second-order valence-electron chi connectivity index (χ2n) is 6.39. The Morgan fingerprint density at radius 2 is 2.04 bits per heavy atom. The third kappa shape index (κ3) is 5.74. The number of carbonyl (C=O) groups is 2. The van der Waals surface area contributed by atoms with Crippen LogP contribution in [0.15, 0.2) is 18.2 Å². The Morgan fingerprint density at radius 1 is 1.24 bits per heavy atom. The molecule has 0 saturated carbocycles. The lowest BCUT2D eigenvalue weighted by molar-refractivity contribution is -0.119. The van der Waals surface area contributed by atoms with Crippen molar-refractivity contribution in [2.75, 3.05) is 30.4 Å². The van der Waals surface area contributed by atoms with Crippen molar-refractivity contribution in [3.63, 3.8) is 0 Å². The van der Waals surface area contributed by atoms with Crippen molar-refractivity contribution >= 4 is 23.2 Å². The summed E-state index contributed by atoms with van der Waals surface area (Å²) in [6, 6.07) is 5.44. The standard InChI is InChI=1S/C19H29N3O3/c1-25-17-11-10-15(21-18(23)8-4-2-3-6-12-20)14-16(17)22-13-7-5-9-19(22)24/h10-11,14H,2-9,12-13,20H2,1H3,(H,21,23). The summed E-state index contributed by atoms with van der Waals surface area (Å²) in [4.78, 5) is 26.1. The van der Waals surface area contributed by atoms with E-state index < -0.39 is 0 Å². The molecule has 0 spiro atoms. The van der Waals surface area contributed by atoms with Crippen LogP contribution in [-0.4, -0.2) is 32.0 Å². The van der Waals surface area contributed by atoms with E-state index in [2.05, 4.69) is 5.32 Å². The number of hydrogen-bond acceptors (Lipinski definition) is 4. The fourth-order valence-electron chi connectivity index (χ4n) is 3.05. The third-order valence-corrected chi connectivity index (χ3v) is 4.43. The molecule has 1 fully saturated rings. The molecule has 138 valence electrons. The van der Waals surface area contributed by atoms with E-state index in [9.17, 15) is 9.59 Å². The molecular weight excluding hydrogens is 318 g/mol. The van der Waals surface area contributed by atoms with Crippen LogP contribution in [0, 0.1) is 0 Å². The van der Waals surface area contributed by atoms with Crippen molar-refractivity contribution in [2.24, 2.45) is 5.73 Å². The molecule has 2 amide bonds. The number of nitrogens with two attached hydrogens (primary N) is 1. The lowest BCUT2D eigenvalue weighted by Gasteiger charge is -2.28. The Labute approximate surface area is 149 Å². The van der Waals surface area contributed by atoms with Crippen LogP contribution in [0.2, 0.25) is 0 Å². The molecule has 0 atom stereocenters. The molecule has 1 aromatic rings. The van der Waals surface area contributed by atoms with Crippen LogP contribution < -0.4 is 20.7 Å². The van der Waals surface area contributed by atoms with Crippen LogP contribution in [-0.2, 0) is 9.59 Å². The Balaban J connectivity index is 1.98. The van der Waals surface area contributed by atoms with Crippen molar-refractivity contribution < 1.29 is 14.3 Å². The van der Waals surface area contributed by atoms with E-state index in [1.807, 2.05) is 12.1 Å². The van der Waals surface area contributed by atoms with Crippen LogP contribution in [0.1, 0.15) is 51.4 Å². The molecular formula is C19H29N3O3. The molecule has 0 unspecified atom stereocenters. The number of piperidine rings is 1. The highest BCUT2D eigenvalue weighted by atomic mass is 16.5. The van der Waals surface area contributed by atoms with Gasteiger partial charge in [-0.2, -0.15) is 0 Å². The van der Waals surface area contributed by atoms with Gasteiger partial charge in [0.25, 0.3) is 0 Å². The van der Waals surface area contributed by atoms with Gasteiger partial charge in [0.15, 0.2) is 0 Å². The number of rotatable bonds is 9. The zero-order valence-electron chi connectivity index (χ0n) is 15.1. The SMILES string of the molecule is COc1ccc(NC(=O)CCCCCCN)cc1N1CCCCC1=O. The zero-order valence-corrected chi connectivity index (χ0v) is 15.1. The van der Waals surface area contributed by atoms with Crippen LogP contribution in [0.5, 0.6) is 5.75 Å². The summed E-state index contributed by atoms with van der Waals surface area (Å²) in [6.07, 6.45) is 6.91. The van der Waals surface area contributed by atoms with Crippen molar-refractivity contribution in [3.8, 4) is 5.75 Å². The average molecular weight is 347 g/mol. The van der Waals surface area contributed by atoms with Crippen molar-refractivity contribution in [2.45, 2.75) is 51.4 Å². The molecule has 2 rings (SSSR count). The number of benzene rings is 1. The van der Waals surface area contributed by atoms with E-state index >= 15 is 0 Å². The molecule has 1 heterocycles. The van der Waals surface area contributed by atoms with Crippen LogP contribution in [0.4, 0.5) is 11.4 Å². The second kappa shape index (κ2) is 10.0. The summed E-state index contributed by atoms with van der Waals surface area (Å²) in [5.74, 6) is 0.747. The monoisotopic (exact) mass is 347 g/mol. The highest BCUT2D eigenvalue weighted by Gasteiger charge is 2.23. The predicted molar refractivity (Wildman–Crippen MR) is 100.0 cm³/mol. The molecule has 1 saturated heterocycles. The van der Waals surface area contributed by atoms with Gasteiger partial charge in [-0.3, -0.25) is 9.59 Å². The van der Waals surface area contributed by atoms with Crippen LogP contribution >= 0.6 is 0 Å². The van der Waals surface area contributed by atoms with E-state index in [0.29, 0.717) is 37.4 Å². The first-order valence-electron chi connectivity index (χ1n) is 9.14. The van der Waals surface area contributed by atoms with Gasteiger partial charge in [0.2, 0.25) is 11.8 Å². The molecule has 1 aliphatic rings. The molecule has 0 aliphatic carbocycles. The second-order valence-corrected chi connectivity index (χ2v) is 6.39. The van der Waals surface area contributed by atoms with E-state index in [1.54, 1.807) is 18.1 Å². The number of anilines is 2. The summed E-state index contributed by atoms with van der Waals surface area (Å²) in [6.45, 7) is 1.39. The zero-order chi connectivity index (χ0) is 18.1. The first-order valence-corrected chi connectivity index (χ1v) is 9.14. The van der Waals surface area contributed by atoms with Crippen LogP contribution in [0.3, 0.4) is 0 Å². The smallest absolute Gasteiger partial charge is 0.227 e.